The van der Waals surface area contributed by atoms with E-state index in [1.807, 2.05) is 91.0 Å². The van der Waals surface area contributed by atoms with Crippen LogP contribution in [0.2, 0.25) is 0 Å². The molecule has 2 saturated heterocycles. The highest BCUT2D eigenvalue weighted by Gasteiger charge is 2.49. The monoisotopic (exact) mass is 684 g/mol. The second-order valence-corrected chi connectivity index (χ2v) is 11.6. The largest absolute Gasteiger partial charge is 0.445 e. The van der Waals surface area contributed by atoms with Gasteiger partial charge < -0.3 is 33.7 Å². The summed E-state index contributed by atoms with van der Waals surface area (Å²) in [7, 11) is 0. The number of nitrogens with zero attached hydrogens (tertiary/aromatic N) is 10. The summed E-state index contributed by atoms with van der Waals surface area (Å²) in [4.78, 5) is 23.5. The third-order valence-corrected chi connectivity index (χ3v) is 8.15. The lowest BCUT2D eigenvalue weighted by Crippen LogP contribution is -2.60. The lowest BCUT2D eigenvalue weighted by atomic mass is 10.00. The molecule has 2 aliphatic rings. The lowest BCUT2D eigenvalue weighted by molar-refractivity contribution is -0.301. The van der Waals surface area contributed by atoms with Gasteiger partial charge in [-0.05, 0) is 46.1 Å². The molecule has 1 amide bonds. The van der Waals surface area contributed by atoms with Crippen molar-refractivity contribution < 1.29 is 33.6 Å². The standard InChI is InChI=1S/C33H36N10O7/c34-40-37-26-17-16-25(19-43(18-22-10-4-1-5-11-22)33(45)47-21-24-14-8-3-9-15-24)48-32(26)49-29-28(46-20-23-12-6-2-7-13-23)27(44)30(38-41-35)50-31(29)39-42-36/h1-15,25-32,44H,16-21H2/t25-,26+,27+,28+,29-,30+,31-,32+/m0/s1. The van der Waals surface area contributed by atoms with Crippen molar-refractivity contribution in [3.8, 4) is 0 Å². The number of aliphatic hydroxyl groups is 1. The average Bonchev–Trinajstić information content (AvgIpc) is 3.14. The summed E-state index contributed by atoms with van der Waals surface area (Å²) in [5, 5.41) is 22.2. The molecule has 0 unspecified atom stereocenters. The van der Waals surface area contributed by atoms with Gasteiger partial charge in [0.1, 0.15) is 24.9 Å². The summed E-state index contributed by atoms with van der Waals surface area (Å²) in [6, 6.07) is 27.0. The van der Waals surface area contributed by atoms with Gasteiger partial charge in [-0.15, -0.1) is 0 Å². The zero-order valence-electron chi connectivity index (χ0n) is 26.9. The minimum Gasteiger partial charge on any atom is -0.445 e. The highest BCUT2D eigenvalue weighted by atomic mass is 16.7. The molecule has 2 fully saturated rings. The number of benzene rings is 3. The zero-order valence-corrected chi connectivity index (χ0v) is 26.9. The van der Waals surface area contributed by atoms with Gasteiger partial charge in [-0.25, -0.2) is 4.79 Å². The number of ether oxygens (including phenoxy) is 5. The van der Waals surface area contributed by atoms with Gasteiger partial charge in [0.2, 0.25) is 0 Å². The van der Waals surface area contributed by atoms with Crippen LogP contribution in [0.15, 0.2) is 106 Å². The lowest BCUT2D eigenvalue weighted by Gasteiger charge is -2.45. The fourth-order valence-electron chi connectivity index (χ4n) is 5.71. The molecule has 17 nitrogen and oxygen atoms in total. The summed E-state index contributed by atoms with van der Waals surface area (Å²) in [6.45, 7) is 0.425. The normalized spacial score (nSPS) is 25.9. The van der Waals surface area contributed by atoms with Gasteiger partial charge >= 0.3 is 6.09 Å². The first kappa shape index (κ1) is 36.0. The van der Waals surface area contributed by atoms with Crippen LogP contribution in [0.3, 0.4) is 0 Å². The van der Waals surface area contributed by atoms with Gasteiger partial charge in [-0.2, -0.15) is 0 Å². The molecule has 260 valence electrons. The maximum Gasteiger partial charge on any atom is 0.410 e. The number of hydrogen-bond donors (Lipinski definition) is 1. The summed E-state index contributed by atoms with van der Waals surface area (Å²) in [6.07, 6.45) is -8.65. The highest BCUT2D eigenvalue weighted by molar-refractivity contribution is 5.67. The van der Waals surface area contributed by atoms with Crippen LogP contribution in [0.1, 0.15) is 29.5 Å². The molecule has 3 aromatic rings. The maximum atomic E-state index is 13.4. The Morgan fingerprint density at radius 1 is 0.760 bits per heavy atom. The van der Waals surface area contributed by atoms with Crippen molar-refractivity contribution >= 4 is 6.09 Å². The van der Waals surface area contributed by atoms with Crippen LogP contribution in [0, 0.1) is 0 Å². The Morgan fingerprint density at radius 2 is 1.34 bits per heavy atom. The van der Waals surface area contributed by atoms with E-state index in [1.54, 1.807) is 0 Å². The molecule has 8 atom stereocenters. The van der Waals surface area contributed by atoms with E-state index < -0.39 is 55.3 Å². The van der Waals surface area contributed by atoms with Crippen LogP contribution in [0.4, 0.5) is 4.79 Å². The van der Waals surface area contributed by atoms with Crippen LogP contribution in [-0.2, 0) is 43.4 Å². The second-order valence-electron chi connectivity index (χ2n) is 11.6. The fraction of sp³-hybridized carbons (Fsp3) is 0.424. The Kier molecular flexibility index (Phi) is 13.3. The Morgan fingerprint density at radius 3 is 1.96 bits per heavy atom. The van der Waals surface area contributed by atoms with E-state index in [0.717, 1.165) is 16.7 Å². The van der Waals surface area contributed by atoms with Crippen molar-refractivity contribution in [2.24, 2.45) is 15.3 Å². The molecular weight excluding hydrogens is 648 g/mol. The quantitative estimate of drug-likeness (QED) is 0.110. The third kappa shape index (κ3) is 9.86. The third-order valence-electron chi connectivity index (χ3n) is 8.15. The number of hydrogen-bond acceptors (Lipinski definition) is 10. The number of carbonyl (C=O) groups excluding carboxylic acids is 1. The average molecular weight is 685 g/mol. The minimum atomic E-state index is -1.54. The number of carbonyl (C=O) groups is 1. The predicted molar refractivity (Wildman–Crippen MR) is 177 cm³/mol. The van der Waals surface area contributed by atoms with Crippen LogP contribution < -0.4 is 0 Å². The Bertz CT molecular complexity index is 1670. The summed E-state index contributed by atoms with van der Waals surface area (Å²) >= 11 is 0. The van der Waals surface area contributed by atoms with Crippen molar-refractivity contribution in [3.05, 3.63) is 139 Å². The van der Waals surface area contributed by atoms with Crippen molar-refractivity contribution in [2.45, 2.75) is 81.8 Å². The summed E-state index contributed by atoms with van der Waals surface area (Å²) < 4.78 is 30.1. The van der Waals surface area contributed by atoms with Gasteiger partial charge in [0, 0.05) is 21.3 Å². The minimum absolute atomic E-state index is 0.0157. The topological polar surface area (TPSA) is 233 Å². The summed E-state index contributed by atoms with van der Waals surface area (Å²) in [5.74, 6) is 0. The smallest absolute Gasteiger partial charge is 0.410 e. The molecule has 17 heteroatoms. The molecule has 5 rings (SSSR count). The molecule has 0 aliphatic carbocycles. The first-order chi connectivity index (χ1) is 24.5. The number of amides is 1. The van der Waals surface area contributed by atoms with Crippen molar-refractivity contribution in [1.82, 2.24) is 4.90 Å². The molecule has 0 radical (unpaired) electrons. The van der Waals surface area contributed by atoms with Crippen molar-refractivity contribution in [1.29, 1.82) is 0 Å². The van der Waals surface area contributed by atoms with Crippen LogP contribution in [-0.4, -0.2) is 71.8 Å². The van der Waals surface area contributed by atoms with Crippen LogP contribution in [0.5, 0.6) is 0 Å². The van der Waals surface area contributed by atoms with Gasteiger partial charge in [0.15, 0.2) is 18.7 Å². The van der Waals surface area contributed by atoms with Crippen molar-refractivity contribution in [2.75, 3.05) is 6.54 Å². The molecule has 0 aromatic heterocycles. The fourth-order valence-corrected chi connectivity index (χ4v) is 5.71. The summed E-state index contributed by atoms with van der Waals surface area (Å²) in [5.41, 5.74) is 30.3. The first-order valence-electron chi connectivity index (χ1n) is 15.9. The van der Waals surface area contributed by atoms with Gasteiger partial charge in [-0.1, -0.05) is 106 Å². The van der Waals surface area contributed by atoms with E-state index in [1.165, 1.54) is 4.90 Å². The van der Waals surface area contributed by atoms with E-state index in [0.29, 0.717) is 12.8 Å². The number of azide groups is 3. The first-order valence-corrected chi connectivity index (χ1v) is 15.9. The van der Waals surface area contributed by atoms with E-state index in [4.69, 9.17) is 29.2 Å². The molecule has 2 aliphatic heterocycles. The zero-order chi connectivity index (χ0) is 35.1. The SMILES string of the molecule is [N-]=[N+]=N[C@@H]1O[C@H](N=[N+]=[N-])[C@@H](O[C@H]2O[C@H](CN(Cc3ccccc3)C(=O)OCc3ccccc3)CC[C@H]2N=[N+]=[N-])[C@H](OCc2ccccc2)[C@H]1O. The predicted octanol–water partition coefficient (Wildman–Crippen LogP) is 6.64. The van der Waals surface area contributed by atoms with Gasteiger partial charge in [-0.3, -0.25) is 0 Å². The van der Waals surface area contributed by atoms with Crippen LogP contribution >= 0.6 is 0 Å². The highest BCUT2D eigenvalue weighted by Crippen LogP contribution is 2.33. The molecule has 3 aromatic carbocycles. The number of aliphatic hydroxyl groups excluding tert-OH is 1. The Labute approximate surface area is 287 Å². The molecule has 50 heavy (non-hydrogen) atoms. The van der Waals surface area contributed by atoms with E-state index in [2.05, 4.69) is 30.1 Å². The van der Waals surface area contributed by atoms with Crippen molar-refractivity contribution in [3.63, 3.8) is 0 Å². The maximum absolute atomic E-state index is 13.4. The molecule has 1 N–H and O–H groups in total. The molecule has 2 heterocycles. The van der Waals surface area contributed by atoms with Gasteiger partial charge in [0.25, 0.3) is 0 Å². The van der Waals surface area contributed by atoms with E-state index in [-0.39, 0.29) is 26.3 Å². The Balaban J connectivity index is 1.36. The molecule has 0 bridgehead atoms. The molecule has 0 spiro atoms. The second kappa shape index (κ2) is 18.4. The molecule has 0 saturated carbocycles. The van der Waals surface area contributed by atoms with Gasteiger partial charge in [0.05, 0.1) is 25.3 Å². The van der Waals surface area contributed by atoms with Crippen LogP contribution in [0.25, 0.3) is 31.3 Å². The number of rotatable bonds is 14. The Hall–Kier alpha value is -5.34. The molecular formula is C33H36N10O7. The van der Waals surface area contributed by atoms with E-state index >= 15 is 0 Å². The van der Waals surface area contributed by atoms with E-state index in [9.17, 15) is 21.0 Å².